The third-order valence-electron chi connectivity index (χ3n) is 3.67. The van der Waals surface area contributed by atoms with Gasteiger partial charge in [-0.2, -0.15) is 8.62 Å². The summed E-state index contributed by atoms with van der Waals surface area (Å²) in [6.45, 7) is -3.01. The van der Waals surface area contributed by atoms with Gasteiger partial charge in [-0.1, -0.05) is 0 Å². The van der Waals surface area contributed by atoms with E-state index < -0.39 is 66.4 Å². The number of rotatable bonds is 9. The van der Waals surface area contributed by atoms with Crippen molar-refractivity contribution < 1.29 is 65.0 Å². The minimum absolute atomic E-state index is 0.384. The van der Waals surface area contributed by atoms with Gasteiger partial charge in [-0.15, -0.1) is 0 Å². The highest BCUT2D eigenvalue weighted by Gasteiger charge is 2.58. The van der Waals surface area contributed by atoms with E-state index in [1.165, 1.54) is 0 Å². The highest BCUT2D eigenvalue weighted by molar-refractivity contribution is 7.71. The summed E-state index contributed by atoms with van der Waals surface area (Å²) in [6.07, 6.45) is -5.48. The first-order valence-electron chi connectivity index (χ1n) is 7.67. The van der Waals surface area contributed by atoms with Crippen molar-refractivity contribution >= 4 is 35.7 Å². The fourth-order valence-corrected chi connectivity index (χ4v) is 5.75. The third-order valence-corrected chi connectivity index (χ3v) is 7.79. The fraction of sp³-hybridized carbons (Fsp3) is 0.600. The van der Waals surface area contributed by atoms with Crippen molar-refractivity contribution in [3.63, 3.8) is 0 Å². The topological polar surface area (TPSA) is 227 Å². The van der Waals surface area contributed by atoms with E-state index in [2.05, 4.69) is 18.1 Å². The molecule has 6 N–H and O–H groups in total. The van der Waals surface area contributed by atoms with E-state index in [9.17, 15) is 37.3 Å². The molecule has 0 aromatic carbocycles. The molecule has 2 heterocycles. The van der Waals surface area contributed by atoms with Crippen molar-refractivity contribution in [1.82, 2.24) is 9.55 Å². The number of ether oxygens (including phenoxy) is 1. The van der Waals surface area contributed by atoms with Crippen LogP contribution in [0.2, 0.25) is 0 Å². The second-order valence-corrected chi connectivity index (χ2v) is 10.8. The van der Waals surface area contributed by atoms with Gasteiger partial charge in [-0.05, 0) is 12.2 Å². The van der Waals surface area contributed by atoms with Gasteiger partial charge in [0.25, 0.3) is 5.56 Å². The highest BCUT2D eigenvalue weighted by atomic mass is 32.1. The minimum Gasteiger partial charge on any atom is -0.379 e. The van der Waals surface area contributed by atoms with Crippen LogP contribution in [0, 0.1) is 4.77 Å². The quantitative estimate of drug-likeness (QED) is 0.184. The van der Waals surface area contributed by atoms with Crippen molar-refractivity contribution in [2.45, 2.75) is 24.1 Å². The molecule has 0 radical (unpaired) electrons. The van der Waals surface area contributed by atoms with Crippen molar-refractivity contribution in [3.8, 4) is 0 Å². The first-order chi connectivity index (χ1) is 14.0. The summed E-state index contributed by atoms with van der Waals surface area (Å²) in [6, 6.07) is 0.907. The van der Waals surface area contributed by atoms with Crippen LogP contribution in [-0.2, 0) is 31.6 Å². The molecular weight excluding hydrogens is 519 g/mol. The predicted octanol–water partition coefficient (Wildman–Crippen LogP) is 0.185. The molecule has 1 aromatic rings. The molecule has 0 saturated carbocycles. The van der Waals surface area contributed by atoms with Crippen molar-refractivity contribution in [1.29, 1.82) is 0 Å². The van der Waals surface area contributed by atoms with Crippen LogP contribution in [0.3, 0.4) is 0 Å². The lowest BCUT2D eigenvalue weighted by Crippen LogP contribution is -2.47. The van der Waals surface area contributed by atoms with Gasteiger partial charge in [0.15, 0.2) is 22.8 Å². The average molecular weight is 534 g/mol. The maximum absolute atomic E-state index is 14.7. The summed E-state index contributed by atoms with van der Waals surface area (Å²) in [5.74, 6) is 0. The lowest BCUT2D eigenvalue weighted by Gasteiger charge is -2.28. The number of nitrogens with one attached hydrogen (secondary N) is 1. The minimum atomic E-state index is -5.81. The molecule has 0 spiro atoms. The van der Waals surface area contributed by atoms with E-state index in [4.69, 9.17) is 31.6 Å². The number of halogens is 2. The van der Waals surface area contributed by atoms with Gasteiger partial charge in [0, 0.05) is 12.3 Å². The molecule has 1 saturated heterocycles. The molecule has 21 heteroatoms. The van der Waals surface area contributed by atoms with Crippen LogP contribution in [0.1, 0.15) is 6.23 Å². The van der Waals surface area contributed by atoms with Crippen LogP contribution in [0.5, 0.6) is 0 Å². The zero-order valence-electron chi connectivity index (χ0n) is 14.8. The number of H-pyrrole nitrogens is 1. The van der Waals surface area contributed by atoms with Gasteiger partial charge in [-0.25, -0.2) is 22.5 Å². The number of aromatic amines is 1. The molecule has 178 valence electrons. The Kier molecular flexibility index (Phi) is 7.94. The number of alkyl halides is 2. The average Bonchev–Trinajstić information content (AvgIpc) is 2.82. The molecule has 0 bridgehead atoms. The van der Waals surface area contributed by atoms with Crippen LogP contribution in [0.4, 0.5) is 8.78 Å². The summed E-state index contributed by atoms with van der Waals surface area (Å²) < 4.78 is 78.4. The van der Waals surface area contributed by atoms with E-state index >= 15 is 0 Å². The summed E-state index contributed by atoms with van der Waals surface area (Å²) >= 11 is 4.83. The molecule has 3 unspecified atom stereocenters. The normalized spacial score (nSPS) is 30.6. The highest BCUT2D eigenvalue weighted by Crippen LogP contribution is 2.66. The van der Waals surface area contributed by atoms with Crippen LogP contribution in [0.15, 0.2) is 17.1 Å². The zero-order chi connectivity index (χ0) is 23.8. The van der Waals surface area contributed by atoms with Crippen LogP contribution < -0.4 is 5.56 Å². The van der Waals surface area contributed by atoms with Crippen molar-refractivity contribution in [2.24, 2.45) is 0 Å². The number of phosphoric acid groups is 3. The molecule has 1 fully saturated rings. The summed E-state index contributed by atoms with van der Waals surface area (Å²) in [7, 11) is -17.0. The van der Waals surface area contributed by atoms with Crippen LogP contribution in [-0.4, -0.2) is 65.4 Å². The van der Waals surface area contributed by atoms with Gasteiger partial charge >= 0.3 is 23.5 Å². The second-order valence-electron chi connectivity index (χ2n) is 5.96. The van der Waals surface area contributed by atoms with Gasteiger partial charge in [-0.3, -0.25) is 18.9 Å². The summed E-state index contributed by atoms with van der Waals surface area (Å²) in [5, 5.41) is 10.3. The Bertz CT molecular complexity index is 1080. The van der Waals surface area contributed by atoms with E-state index in [0.717, 1.165) is 16.8 Å². The molecule has 0 aliphatic carbocycles. The first-order valence-corrected chi connectivity index (χ1v) is 12.6. The summed E-state index contributed by atoms with van der Waals surface area (Å²) in [4.78, 5) is 48.7. The van der Waals surface area contributed by atoms with Crippen molar-refractivity contribution in [3.05, 3.63) is 27.4 Å². The van der Waals surface area contributed by atoms with Crippen molar-refractivity contribution in [2.75, 3.05) is 13.3 Å². The number of aromatic nitrogens is 2. The molecular formula is C10H15F2N2O13P3S. The summed E-state index contributed by atoms with van der Waals surface area (Å²) in [5.41, 5.74) is -3.55. The number of hydrogen-bond acceptors (Lipinski definition) is 10. The number of phosphoric ester groups is 1. The van der Waals surface area contributed by atoms with Crippen LogP contribution in [0.25, 0.3) is 0 Å². The van der Waals surface area contributed by atoms with Crippen LogP contribution >= 0.6 is 35.7 Å². The Hall–Kier alpha value is -0.710. The number of nitrogens with zero attached hydrogens (tertiary/aromatic N) is 1. The molecule has 0 amide bonds. The fourth-order valence-electron chi connectivity index (χ4n) is 2.46. The molecule has 1 aromatic heterocycles. The molecule has 2 rings (SSSR count). The predicted molar refractivity (Wildman–Crippen MR) is 95.4 cm³/mol. The Labute approximate surface area is 175 Å². The molecule has 1 aliphatic heterocycles. The van der Waals surface area contributed by atoms with E-state index in [1.54, 1.807) is 0 Å². The SMILES string of the molecule is O=c1ccn([C@@H]2O[C@H](COP(=O)(O)OP(=O)(O)OP(=O)(O)O)[C@H](F)C2(O)CF)c(=S)[nH]1. The maximum Gasteiger partial charge on any atom is 0.490 e. The van der Waals surface area contributed by atoms with Gasteiger partial charge in [0.2, 0.25) is 0 Å². The first kappa shape index (κ1) is 26.5. The Morgan fingerprint density at radius 3 is 2.35 bits per heavy atom. The largest absolute Gasteiger partial charge is 0.490 e. The molecule has 31 heavy (non-hydrogen) atoms. The molecule has 6 atom stereocenters. The van der Waals surface area contributed by atoms with E-state index in [-0.39, 0.29) is 4.77 Å². The Morgan fingerprint density at radius 2 is 1.84 bits per heavy atom. The van der Waals surface area contributed by atoms with Gasteiger partial charge in [0.1, 0.15) is 12.8 Å². The number of aliphatic hydroxyl groups is 1. The standard InChI is InChI=1S/C10H15F2N2O13P3S/c11-4-10(16)7(12)5(25-8(10)14-2-1-6(15)13-9(14)31)3-24-29(20,21)27-30(22,23)26-28(17,18)19/h1-2,5,7-8,16H,3-4H2,(H,20,21)(H,22,23)(H,13,15,31)(H2,17,18,19)/t5-,7+,8-,10?/m1/s1. The molecule has 1 aliphatic rings. The third kappa shape index (κ3) is 6.65. The van der Waals surface area contributed by atoms with Gasteiger partial charge < -0.3 is 29.4 Å². The smallest absolute Gasteiger partial charge is 0.379 e. The van der Waals surface area contributed by atoms with Gasteiger partial charge in [0.05, 0.1) is 6.61 Å². The lowest BCUT2D eigenvalue weighted by atomic mass is 9.97. The molecule has 15 nitrogen and oxygen atoms in total. The van der Waals surface area contributed by atoms with E-state index in [0.29, 0.717) is 0 Å². The zero-order valence-corrected chi connectivity index (χ0v) is 18.3. The monoisotopic (exact) mass is 534 g/mol. The Morgan fingerprint density at radius 1 is 1.23 bits per heavy atom. The number of hydrogen-bond donors (Lipinski definition) is 6. The van der Waals surface area contributed by atoms with E-state index in [1.807, 2.05) is 0 Å². The second kappa shape index (κ2) is 9.27. The Balaban J connectivity index is 2.18. The maximum atomic E-state index is 14.7. The lowest BCUT2D eigenvalue weighted by molar-refractivity contribution is -0.112.